The molecule has 2 amide bonds. The zero-order valence-electron chi connectivity index (χ0n) is 14.0. The molecule has 0 heterocycles. The predicted octanol–water partition coefficient (Wildman–Crippen LogP) is 2.69. The summed E-state index contributed by atoms with van der Waals surface area (Å²) < 4.78 is 34.0. The van der Waals surface area contributed by atoms with Crippen LogP contribution in [0.15, 0.2) is 48.5 Å². The molecule has 0 saturated heterocycles. The first kappa shape index (κ1) is 19.3. The Bertz CT molecular complexity index is 751. The number of benzene rings is 2. The van der Waals surface area contributed by atoms with Gasteiger partial charge < -0.3 is 20.1 Å². The molecular formula is C18H18F2N2O4. The van der Waals surface area contributed by atoms with Gasteiger partial charge in [0.25, 0.3) is 0 Å². The fourth-order valence-electron chi connectivity index (χ4n) is 2.13. The lowest BCUT2D eigenvalue weighted by Crippen LogP contribution is -2.35. The summed E-state index contributed by atoms with van der Waals surface area (Å²) in [5.41, 5.74) is 1.76. The molecule has 2 aromatic rings. The lowest BCUT2D eigenvalue weighted by atomic mass is 10.1. The monoisotopic (exact) mass is 364 g/mol. The van der Waals surface area contributed by atoms with Crippen molar-refractivity contribution in [2.24, 2.45) is 0 Å². The molecule has 6 nitrogen and oxygen atoms in total. The first-order valence-corrected chi connectivity index (χ1v) is 7.69. The van der Waals surface area contributed by atoms with Crippen molar-refractivity contribution in [3.05, 3.63) is 59.7 Å². The fourth-order valence-corrected chi connectivity index (χ4v) is 2.13. The van der Waals surface area contributed by atoms with Crippen molar-refractivity contribution in [1.29, 1.82) is 0 Å². The number of ether oxygens (including phenoxy) is 2. The molecule has 0 bridgehead atoms. The highest BCUT2D eigenvalue weighted by Crippen LogP contribution is 2.25. The summed E-state index contributed by atoms with van der Waals surface area (Å²) in [7, 11) is 1.59. The third-order valence-electron chi connectivity index (χ3n) is 3.34. The van der Waals surface area contributed by atoms with Crippen LogP contribution in [0.3, 0.4) is 0 Å². The highest BCUT2D eigenvalue weighted by Gasteiger charge is 2.16. The molecule has 0 atom stereocenters. The van der Waals surface area contributed by atoms with Crippen molar-refractivity contribution in [2.75, 3.05) is 12.4 Å². The number of hydrogen-bond acceptors (Lipinski definition) is 4. The standard InChI is InChI=1S/C18H18F2N2O4/c1-25-11-13-8-6-12(7-9-13)10-21-16(23)17(24)22-14-4-2-3-5-15(14)26-18(19)20/h2-9,18H,10-11H2,1H3,(H,21,23)(H,22,24). The van der Waals surface area contributed by atoms with Gasteiger partial charge in [-0.1, -0.05) is 36.4 Å². The van der Waals surface area contributed by atoms with Crippen LogP contribution in [0.5, 0.6) is 5.75 Å². The number of carbonyl (C=O) groups excluding carboxylic acids is 2. The van der Waals surface area contributed by atoms with Gasteiger partial charge in [0, 0.05) is 13.7 Å². The minimum atomic E-state index is -3.04. The van der Waals surface area contributed by atoms with Gasteiger partial charge in [-0.3, -0.25) is 9.59 Å². The van der Waals surface area contributed by atoms with Crippen LogP contribution in [-0.2, 0) is 27.5 Å². The van der Waals surface area contributed by atoms with E-state index in [4.69, 9.17) is 4.74 Å². The number of amides is 2. The zero-order chi connectivity index (χ0) is 18.9. The fraction of sp³-hybridized carbons (Fsp3) is 0.222. The average Bonchev–Trinajstić information content (AvgIpc) is 2.62. The van der Waals surface area contributed by atoms with E-state index in [1.54, 1.807) is 19.2 Å². The Hall–Kier alpha value is -3.00. The van der Waals surface area contributed by atoms with E-state index < -0.39 is 18.4 Å². The molecular weight excluding hydrogens is 346 g/mol. The van der Waals surface area contributed by atoms with Crippen molar-refractivity contribution >= 4 is 17.5 Å². The molecule has 8 heteroatoms. The Morgan fingerprint density at radius 2 is 1.65 bits per heavy atom. The summed E-state index contributed by atoms with van der Waals surface area (Å²) >= 11 is 0. The molecule has 0 unspecified atom stereocenters. The second kappa shape index (κ2) is 9.47. The zero-order valence-corrected chi connectivity index (χ0v) is 14.0. The minimum absolute atomic E-state index is 0.0168. The van der Waals surface area contributed by atoms with Crippen molar-refractivity contribution in [1.82, 2.24) is 5.32 Å². The van der Waals surface area contributed by atoms with Crippen LogP contribution < -0.4 is 15.4 Å². The van der Waals surface area contributed by atoms with Gasteiger partial charge in [0.2, 0.25) is 0 Å². The number of alkyl halides is 2. The van der Waals surface area contributed by atoms with Crippen LogP contribution in [0.1, 0.15) is 11.1 Å². The Morgan fingerprint density at radius 1 is 1.00 bits per heavy atom. The lowest BCUT2D eigenvalue weighted by Gasteiger charge is -2.11. The third-order valence-corrected chi connectivity index (χ3v) is 3.34. The summed E-state index contributed by atoms with van der Waals surface area (Å²) in [6.45, 7) is -2.41. The maximum atomic E-state index is 12.4. The molecule has 0 aliphatic heterocycles. The van der Waals surface area contributed by atoms with Crippen LogP contribution >= 0.6 is 0 Å². The Morgan fingerprint density at radius 3 is 2.31 bits per heavy atom. The second-order valence-corrected chi connectivity index (χ2v) is 5.26. The molecule has 138 valence electrons. The summed E-state index contributed by atoms with van der Waals surface area (Å²) in [5.74, 6) is -2.10. The number of rotatable bonds is 7. The molecule has 0 aliphatic carbocycles. The first-order chi connectivity index (χ1) is 12.5. The van der Waals surface area contributed by atoms with Gasteiger partial charge in [-0.2, -0.15) is 8.78 Å². The van der Waals surface area contributed by atoms with Crippen LogP contribution in [0.2, 0.25) is 0 Å². The Balaban J connectivity index is 1.91. The van der Waals surface area contributed by atoms with Gasteiger partial charge in [0.1, 0.15) is 5.75 Å². The third kappa shape index (κ3) is 5.82. The summed E-state index contributed by atoms with van der Waals surface area (Å²) in [6, 6.07) is 12.9. The molecule has 0 saturated carbocycles. The highest BCUT2D eigenvalue weighted by molar-refractivity contribution is 6.39. The number of anilines is 1. The number of carbonyl (C=O) groups is 2. The minimum Gasteiger partial charge on any atom is -0.433 e. The molecule has 2 rings (SSSR count). The molecule has 0 spiro atoms. The van der Waals surface area contributed by atoms with E-state index in [9.17, 15) is 18.4 Å². The lowest BCUT2D eigenvalue weighted by molar-refractivity contribution is -0.136. The van der Waals surface area contributed by atoms with Gasteiger partial charge in [0.15, 0.2) is 0 Å². The Kier molecular flexibility index (Phi) is 7.04. The van der Waals surface area contributed by atoms with Gasteiger partial charge in [0.05, 0.1) is 12.3 Å². The maximum absolute atomic E-state index is 12.4. The van der Waals surface area contributed by atoms with Gasteiger partial charge in [-0.25, -0.2) is 0 Å². The summed E-state index contributed by atoms with van der Waals surface area (Å²) in [6.07, 6.45) is 0. The smallest absolute Gasteiger partial charge is 0.387 e. The van der Waals surface area contributed by atoms with Crippen molar-refractivity contribution in [3.8, 4) is 5.75 Å². The quantitative estimate of drug-likeness (QED) is 0.741. The summed E-state index contributed by atoms with van der Waals surface area (Å²) in [4.78, 5) is 23.8. The van der Waals surface area contributed by atoms with E-state index in [-0.39, 0.29) is 18.0 Å². The largest absolute Gasteiger partial charge is 0.433 e. The molecule has 2 aromatic carbocycles. The van der Waals surface area contributed by atoms with Gasteiger partial charge >= 0.3 is 18.4 Å². The number of para-hydroxylation sites is 2. The van der Waals surface area contributed by atoms with Crippen molar-refractivity contribution < 1.29 is 27.8 Å². The second-order valence-electron chi connectivity index (χ2n) is 5.26. The average molecular weight is 364 g/mol. The van der Waals surface area contributed by atoms with E-state index >= 15 is 0 Å². The molecule has 0 radical (unpaired) electrons. The van der Waals surface area contributed by atoms with E-state index in [0.717, 1.165) is 11.1 Å². The molecule has 26 heavy (non-hydrogen) atoms. The topological polar surface area (TPSA) is 76.7 Å². The number of methoxy groups -OCH3 is 1. The van der Waals surface area contributed by atoms with E-state index in [0.29, 0.717) is 6.61 Å². The molecule has 0 fully saturated rings. The van der Waals surface area contributed by atoms with E-state index in [1.165, 1.54) is 24.3 Å². The van der Waals surface area contributed by atoms with Crippen molar-refractivity contribution in [2.45, 2.75) is 19.8 Å². The van der Waals surface area contributed by atoms with Gasteiger partial charge in [-0.15, -0.1) is 0 Å². The number of halogens is 2. The van der Waals surface area contributed by atoms with E-state index in [2.05, 4.69) is 15.4 Å². The summed E-state index contributed by atoms with van der Waals surface area (Å²) in [5, 5.41) is 4.71. The first-order valence-electron chi connectivity index (χ1n) is 7.69. The van der Waals surface area contributed by atoms with Crippen LogP contribution in [0, 0.1) is 0 Å². The highest BCUT2D eigenvalue weighted by atomic mass is 19.3. The van der Waals surface area contributed by atoms with Crippen molar-refractivity contribution in [3.63, 3.8) is 0 Å². The molecule has 0 aliphatic rings. The number of hydrogen-bond donors (Lipinski definition) is 2. The molecule has 2 N–H and O–H groups in total. The van der Waals surface area contributed by atoms with E-state index in [1.807, 2.05) is 12.1 Å². The van der Waals surface area contributed by atoms with Gasteiger partial charge in [-0.05, 0) is 23.3 Å². The predicted molar refractivity (Wildman–Crippen MR) is 90.7 cm³/mol. The maximum Gasteiger partial charge on any atom is 0.387 e. The van der Waals surface area contributed by atoms with Crippen LogP contribution in [0.4, 0.5) is 14.5 Å². The Labute approximate surface area is 149 Å². The van der Waals surface area contributed by atoms with Crippen LogP contribution in [0.25, 0.3) is 0 Å². The SMILES string of the molecule is COCc1ccc(CNC(=O)C(=O)Nc2ccccc2OC(F)F)cc1. The normalized spacial score (nSPS) is 10.5. The molecule has 0 aromatic heterocycles. The number of nitrogens with one attached hydrogen (secondary N) is 2. The van der Waals surface area contributed by atoms with Crippen LogP contribution in [-0.4, -0.2) is 25.5 Å².